The number of Topliss-reactive ketones (excluding diaryl/α,β-unsaturated/α-hetero) is 1. The van der Waals surface area contributed by atoms with E-state index in [1.165, 1.54) is 0 Å². The van der Waals surface area contributed by atoms with Crippen molar-refractivity contribution in [1.82, 2.24) is 15.5 Å². The third-order valence-electron chi connectivity index (χ3n) is 5.72. The molecule has 25 heavy (non-hydrogen) atoms. The first kappa shape index (κ1) is 19.3. The molecule has 0 aromatic rings. The summed E-state index contributed by atoms with van der Waals surface area (Å²) in [5.74, 6) is 0.123. The molecule has 1 amide bonds. The van der Waals surface area contributed by atoms with Crippen LogP contribution in [0.15, 0.2) is 37.7 Å². The molecule has 1 aliphatic carbocycles. The fourth-order valence-corrected chi connectivity index (χ4v) is 4.19. The number of amides is 1. The van der Waals surface area contributed by atoms with Gasteiger partial charge in [-0.1, -0.05) is 46.4 Å². The number of rotatable bonds is 10. The molecule has 1 saturated carbocycles. The van der Waals surface area contributed by atoms with E-state index in [1.807, 2.05) is 13.1 Å². The van der Waals surface area contributed by atoms with E-state index >= 15 is 0 Å². The fourth-order valence-electron chi connectivity index (χ4n) is 4.19. The number of carbonyl (C=O) groups excluding carboxylic acids is 2. The number of likely N-dealkylation sites (tertiary alicyclic amines) is 1. The zero-order valence-corrected chi connectivity index (χ0v) is 15.7. The maximum atomic E-state index is 12.5. The van der Waals surface area contributed by atoms with E-state index in [9.17, 15) is 9.59 Å². The molecule has 2 fully saturated rings. The summed E-state index contributed by atoms with van der Waals surface area (Å²) >= 11 is 0. The average molecular weight is 345 g/mol. The largest absolute Gasteiger partial charge is 0.377 e. The molecule has 138 valence electrons. The van der Waals surface area contributed by atoms with Crippen molar-refractivity contribution in [2.75, 3.05) is 13.1 Å². The number of fused-ring (bicyclic) bond motifs is 1. The van der Waals surface area contributed by atoms with E-state index in [4.69, 9.17) is 0 Å². The Kier molecular flexibility index (Phi) is 5.76. The van der Waals surface area contributed by atoms with Gasteiger partial charge in [-0.05, 0) is 29.9 Å². The molecular formula is C20H31N3O2. The van der Waals surface area contributed by atoms with Gasteiger partial charge in [-0.15, -0.1) is 6.58 Å². The van der Waals surface area contributed by atoms with E-state index in [1.54, 1.807) is 6.08 Å². The number of ketones is 1. The Morgan fingerprint density at radius 3 is 2.60 bits per heavy atom. The molecule has 4 atom stereocenters. The molecule has 5 heteroatoms. The van der Waals surface area contributed by atoms with Crippen molar-refractivity contribution in [3.8, 4) is 0 Å². The van der Waals surface area contributed by atoms with Gasteiger partial charge < -0.3 is 15.5 Å². The molecule has 0 aromatic heterocycles. The quantitative estimate of drug-likeness (QED) is 0.471. The van der Waals surface area contributed by atoms with Crippen LogP contribution in [0.5, 0.6) is 0 Å². The monoisotopic (exact) mass is 345 g/mol. The molecular weight excluding hydrogens is 314 g/mol. The predicted molar refractivity (Wildman–Crippen MR) is 101 cm³/mol. The van der Waals surface area contributed by atoms with Crippen molar-refractivity contribution < 1.29 is 9.59 Å². The minimum Gasteiger partial charge on any atom is -0.377 e. The first-order chi connectivity index (χ1) is 11.8. The Balaban J connectivity index is 2.06. The van der Waals surface area contributed by atoms with Crippen molar-refractivity contribution in [2.24, 2.45) is 17.3 Å². The lowest BCUT2D eigenvalue weighted by Crippen LogP contribution is -2.48. The lowest BCUT2D eigenvalue weighted by Gasteiger charge is -2.33. The lowest BCUT2D eigenvalue weighted by atomic mass is 9.98. The third kappa shape index (κ3) is 3.65. The van der Waals surface area contributed by atoms with Gasteiger partial charge in [-0.3, -0.25) is 9.59 Å². The molecule has 2 aliphatic rings. The van der Waals surface area contributed by atoms with E-state index in [0.717, 1.165) is 18.7 Å². The molecule has 2 N–H and O–H groups in total. The summed E-state index contributed by atoms with van der Waals surface area (Å²) < 4.78 is 0. The summed E-state index contributed by atoms with van der Waals surface area (Å²) in [5, 5.41) is 5.82. The third-order valence-corrected chi connectivity index (χ3v) is 5.72. The van der Waals surface area contributed by atoms with Crippen LogP contribution in [0.4, 0.5) is 0 Å². The fraction of sp³-hybridized carbons (Fsp3) is 0.600. The van der Waals surface area contributed by atoms with E-state index < -0.39 is 17.7 Å². The molecule has 0 spiro atoms. The van der Waals surface area contributed by atoms with Crippen LogP contribution in [-0.4, -0.2) is 41.8 Å². The van der Waals surface area contributed by atoms with Gasteiger partial charge >= 0.3 is 0 Å². The normalized spacial score (nSPS) is 27.0. The van der Waals surface area contributed by atoms with E-state index in [2.05, 4.69) is 49.1 Å². The van der Waals surface area contributed by atoms with Crippen molar-refractivity contribution in [2.45, 2.75) is 45.7 Å². The number of hydrogen-bond donors (Lipinski definition) is 2. The first-order valence-corrected chi connectivity index (χ1v) is 9.06. The summed E-state index contributed by atoms with van der Waals surface area (Å²) in [4.78, 5) is 26.7. The molecule has 3 unspecified atom stereocenters. The van der Waals surface area contributed by atoms with Gasteiger partial charge in [-0.2, -0.15) is 0 Å². The van der Waals surface area contributed by atoms with Crippen LogP contribution in [0.3, 0.4) is 0 Å². The van der Waals surface area contributed by atoms with Gasteiger partial charge in [0.2, 0.25) is 5.78 Å². The highest BCUT2D eigenvalue weighted by molar-refractivity contribution is 6.38. The molecule has 1 aliphatic heterocycles. The number of carbonyl (C=O) groups is 2. The molecule has 0 radical (unpaired) electrons. The summed E-state index contributed by atoms with van der Waals surface area (Å²) in [6.07, 6.45) is 4.81. The van der Waals surface area contributed by atoms with Gasteiger partial charge in [-0.25, -0.2) is 0 Å². The zero-order chi connectivity index (χ0) is 18.8. The van der Waals surface area contributed by atoms with Gasteiger partial charge in [0.05, 0.1) is 12.1 Å². The Bertz CT molecular complexity index is 581. The van der Waals surface area contributed by atoms with Crippen LogP contribution in [0.2, 0.25) is 0 Å². The highest BCUT2D eigenvalue weighted by Gasteiger charge is 2.66. The Hall–Kier alpha value is -2.04. The number of hydrogen-bond acceptors (Lipinski definition) is 4. The minimum atomic E-state index is -0.574. The van der Waals surface area contributed by atoms with Crippen LogP contribution < -0.4 is 10.6 Å². The molecule has 1 heterocycles. The van der Waals surface area contributed by atoms with Crippen LogP contribution in [0.25, 0.3) is 0 Å². The van der Waals surface area contributed by atoms with Gasteiger partial charge in [0, 0.05) is 18.8 Å². The SMILES string of the molecule is C=CCNC(=O)C(=O)C(CCC)NC(=C)C1C2[C@H](CN1C=C)C2(C)C. The maximum absolute atomic E-state index is 12.5. The summed E-state index contributed by atoms with van der Waals surface area (Å²) in [5.41, 5.74) is 1.10. The Morgan fingerprint density at radius 2 is 2.04 bits per heavy atom. The maximum Gasteiger partial charge on any atom is 0.289 e. The van der Waals surface area contributed by atoms with Crippen LogP contribution >= 0.6 is 0 Å². The van der Waals surface area contributed by atoms with Gasteiger partial charge in [0.25, 0.3) is 5.91 Å². The molecule has 1 saturated heterocycles. The molecule has 2 rings (SSSR count). The standard InChI is InChI=1S/C20H31N3O2/c1-7-10-15(18(24)19(25)21-11-8-2)22-13(4)17-16-14(20(16,5)6)12-23(17)9-3/h8-9,14-17,22H,2-4,7,10-12H2,1,5-6H3,(H,21,25)/t14-,15?,16?,17?/m0/s1. The lowest BCUT2D eigenvalue weighted by molar-refractivity contribution is -0.139. The van der Waals surface area contributed by atoms with Crippen molar-refractivity contribution in [1.29, 1.82) is 0 Å². The van der Waals surface area contributed by atoms with Crippen LogP contribution in [0.1, 0.15) is 33.6 Å². The Labute approximate surface area is 151 Å². The number of nitrogens with one attached hydrogen (secondary N) is 2. The van der Waals surface area contributed by atoms with Gasteiger partial charge in [0.15, 0.2) is 0 Å². The summed E-state index contributed by atoms with van der Waals surface area (Å²) in [7, 11) is 0. The van der Waals surface area contributed by atoms with E-state index in [0.29, 0.717) is 23.7 Å². The number of nitrogens with zero attached hydrogens (tertiary/aromatic N) is 1. The number of piperidine rings is 1. The molecule has 5 nitrogen and oxygen atoms in total. The van der Waals surface area contributed by atoms with Crippen molar-refractivity contribution in [3.05, 3.63) is 37.7 Å². The molecule has 0 bridgehead atoms. The van der Waals surface area contributed by atoms with Crippen molar-refractivity contribution >= 4 is 11.7 Å². The predicted octanol–water partition coefficient (Wildman–Crippen LogP) is 2.23. The first-order valence-electron chi connectivity index (χ1n) is 9.06. The summed E-state index contributed by atoms with van der Waals surface area (Å²) in [6, 6.07) is -0.421. The van der Waals surface area contributed by atoms with Crippen LogP contribution in [0, 0.1) is 17.3 Å². The Morgan fingerprint density at radius 1 is 1.36 bits per heavy atom. The highest BCUT2D eigenvalue weighted by Crippen LogP contribution is 2.65. The highest BCUT2D eigenvalue weighted by atomic mass is 16.2. The van der Waals surface area contributed by atoms with Crippen molar-refractivity contribution in [3.63, 3.8) is 0 Å². The van der Waals surface area contributed by atoms with Gasteiger partial charge in [0.1, 0.15) is 0 Å². The second kappa shape index (κ2) is 7.46. The second-order valence-electron chi connectivity index (χ2n) is 7.65. The smallest absolute Gasteiger partial charge is 0.289 e. The van der Waals surface area contributed by atoms with Crippen LogP contribution in [-0.2, 0) is 9.59 Å². The second-order valence-corrected chi connectivity index (χ2v) is 7.65. The average Bonchev–Trinajstić information content (AvgIpc) is 2.95. The summed E-state index contributed by atoms with van der Waals surface area (Å²) in [6.45, 7) is 19.5. The topological polar surface area (TPSA) is 61.4 Å². The molecule has 0 aromatic carbocycles. The zero-order valence-electron chi connectivity index (χ0n) is 15.7. The minimum absolute atomic E-state index is 0.126. The van der Waals surface area contributed by atoms with E-state index in [-0.39, 0.29) is 12.6 Å².